The fraction of sp³-hybridized carbons (Fsp3) is 0.438. The summed E-state index contributed by atoms with van der Waals surface area (Å²) in [5.41, 5.74) is 0.443. The summed E-state index contributed by atoms with van der Waals surface area (Å²) < 4.78 is 6.75. The van der Waals surface area contributed by atoms with Crippen LogP contribution in [0.5, 0.6) is 5.88 Å². The largest absolute Gasteiger partial charge is 0.492 e. The van der Waals surface area contributed by atoms with Crippen LogP contribution < -0.4 is 5.32 Å². The van der Waals surface area contributed by atoms with Gasteiger partial charge in [0, 0.05) is 12.6 Å². The van der Waals surface area contributed by atoms with Gasteiger partial charge in [-0.25, -0.2) is 19.7 Å². The monoisotopic (exact) mass is 421 g/mol. The van der Waals surface area contributed by atoms with Gasteiger partial charge in [0.15, 0.2) is 17.4 Å². The molecule has 160 valence electrons. The fourth-order valence-corrected chi connectivity index (χ4v) is 3.30. The molecule has 5 atom stereocenters. The van der Waals surface area contributed by atoms with Gasteiger partial charge in [-0.1, -0.05) is 0 Å². The zero-order valence-electron chi connectivity index (χ0n) is 15.3. The second-order valence-electron chi connectivity index (χ2n) is 6.70. The number of aromatic amines is 1. The van der Waals surface area contributed by atoms with E-state index in [1.165, 1.54) is 10.9 Å². The van der Waals surface area contributed by atoms with E-state index >= 15 is 0 Å². The van der Waals surface area contributed by atoms with Crippen molar-refractivity contribution < 1.29 is 35.1 Å². The number of aliphatic hydroxyl groups excluding tert-OH is 3. The van der Waals surface area contributed by atoms with E-state index in [9.17, 15) is 30.3 Å². The van der Waals surface area contributed by atoms with E-state index < -0.39 is 49.0 Å². The zero-order valence-corrected chi connectivity index (χ0v) is 15.3. The van der Waals surface area contributed by atoms with Gasteiger partial charge in [0.25, 0.3) is 0 Å². The number of aliphatic hydroxyl groups is 3. The van der Waals surface area contributed by atoms with Crippen LogP contribution in [0.3, 0.4) is 0 Å². The first-order valence-electron chi connectivity index (χ1n) is 8.92. The normalized spacial score (nSPS) is 24.9. The lowest BCUT2D eigenvalue weighted by Gasteiger charge is -2.21. The highest BCUT2D eigenvalue weighted by Gasteiger charge is 2.45. The lowest BCUT2D eigenvalue weighted by atomic mass is 10.1. The number of carbonyl (C=O) groups is 1. The molecule has 4 rings (SSSR count). The van der Waals surface area contributed by atoms with Crippen molar-refractivity contribution in [2.75, 3.05) is 11.9 Å². The van der Waals surface area contributed by atoms with Crippen LogP contribution in [-0.2, 0) is 16.0 Å². The van der Waals surface area contributed by atoms with Gasteiger partial charge in [-0.15, -0.1) is 0 Å². The predicted octanol–water partition coefficient (Wildman–Crippen LogP) is -2.03. The van der Waals surface area contributed by atoms with Gasteiger partial charge in [0.2, 0.25) is 11.8 Å². The minimum Gasteiger partial charge on any atom is -0.492 e. The molecule has 0 spiro atoms. The summed E-state index contributed by atoms with van der Waals surface area (Å²) in [6.45, 7) is -0.554. The number of hydrogen-bond acceptors (Lipinski definition) is 11. The summed E-state index contributed by atoms with van der Waals surface area (Å²) in [4.78, 5) is 30.4. The molecule has 1 aliphatic heterocycles. The van der Waals surface area contributed by atoms with Crippen LogP contribution in [0.2, 0.25) is 0 Å². The van der Waals surface area contributed by atoms with Crippen molar-refractivity contribution in [3.05, 3.63) is 24.5 Å². The second kappa shape index (κ2) is 7.83. The van der Waals surface area contributed by atoms with Crippen LogP contribution >= 0.6 is 0 Å². The van der Waals surface area contributed by atoms with Crippen molar-refractivity contribution >= 4 is 23.1 Å². The third kappa shape index (κ3) is 3.41. The summed E-state index contributed by atoms with van der Waals surface area (Å²) in [5.74, 6) is -1.76. The predicted molar refractivity (Wildman–Crippen MR) is 97.3 cm³/mol. The van der Waals surface area contributed by atoms with E-state index in [0.29, 0.717) is 5.69 Å². The summed E-state index contributed by atoms with van der Waals surface area (Å²) >= 11 is 0. The molecule has 4 heterocycles. The molecule has 0 aromatic carbocycles. The van der Waals surface area contributed by atoms with Crippen LogP contribution in [0.1, 0.15) is 11.9 Å². The van der Waals surface area contributed by atoms with Crippen molar-refractivity contribution in [1.29, 1.82) is 0 Å². The minimum absolute atomic E-state index is 0.00430. The second-order valence-corrected chi connectivity index (χ2v) is 6.70. The Kier molecular flexibility index (Phi) is 5.21. The van der Waals surface area contributed by atoms with Gasteiger partial charge in [0.05, 0.1) is 18.6 Å². The number of hydrogen-bond donors (Lipinski definition) is 7. The quantitative estimate of drug-likeness (QED) is 0.220. The molecule has 1 saturated heterocycles. The number of ether oxygens (including phenoxy) is 1. The lowest BCUT2D eigenvalue weighted by molar-refractivity contribution is -0.137. The number of nitrogens with zero attached hydrogens (tertiary/aromatic N) is 5. The average molecular weight is 421 g/mol. The van der Waals surface area contributed by atoms with E-state index in [2.05, 4.69) is 30.2 Å². The average Bonchev–Trinajstić information content (AvgIpc) is 3.42. The Morgan fingerprint density at radius 1 is 1.30 bits per heavy atom. The van der Waals surface area contributed by atoms with Crippen molar-refractivity contribution in [3.63, 3.8) is 0 Å². The third-order valence-corrected chi connectivity index (χ3v) is 4.80. The molecular formula is C16H19N7O7. The topological polar surface area (TPSA) is 212 Å². The van der Waals surface area contributed by atoms with E-state index in [1.54, 1.807) is 6.20 Å². The van der Waals surface area contributed by atoms with Crippen LogP contribution in [0.4, 0.5) is 5.95 Å². The molecule has 3 aromatic rings. The van der Waals surface area contributed by atoms with Crippen molar-refractivity contribution in [2.45, 2.75) is 37.0 Å². The van der Waals surface area contributed by atoms with E-state index in [4.69, 9.17) is 4.74 Å². The number of H-pyrrole nitrogens is 1. The molecule has 0 aliphatic carbocycles. The Morgan fingerprint density at radius 3 is 2.73 bits per heavy atom. The van der Waals surface area contributed by atoms with Gasteiger partial charge in [-0.3, -0.25) is 4.57 Å². The molecule has 7 N–H and O–H groups in total. The van der Waals surface area contributed by atoms with Gasteiger partial charge >= 0.3 is 5.97 Å². The van der Waals surface area contributed by atoms with Crippen LogP contribution in [-0.4, -0.2) is 91.9 Å². The Morgan fingerprint density at radius 2 is 2.10 bits per heavy atom. The van der Waals surface area contributed by atoms with Crippen molar-refractivity contribution in [3.8, 4) is 5.88 Å². The van der Waals surface area contributed by atoms with Crippen molar-refractivity contribution in [2.24, 2.45) is 0 Å². The summed E-state index contributed by atoms with van der Waals surface area (Å²) in [5, 5.41) is 52.3. The van der Waals surface area contributed by atoms with Crippen molar-refractivity contribution in [1.82, 2.24) is 29.5 Å². The number of aromatic hydroxyl groups is 1. The number of imidazole rings is 2. The number of aromatic nitrogens is 6. The highest BCUT2D eigenvalue weighted by molar-refractivity contribution is 5.81. The molecule has 0 radical (unpaired) electrons. The van der Waals surface area contributed by atoms with Crippen LogP contribution in [0.15, 0.2) is 18.9 Å². The number of rotatable bonds is 7. The SMILES string of the molecule is O=C(O)[C@H](Cc1c[nH]cn1)Nc1nc2c(O)ncnc2n1[C@@H]1O[C@H](CO)[C@@H](O)[C@H]1O. The zero-order chi connectivity index (χ0) is 21.4. The molecule has 30 heavy (non-hydrogen) atoms. The first-order valence-corrected chi connectivity index (χ1v) is 8.92. The number of carboxylic acid groups (broad SMARTS) is 1. The number of nitrogens with one attached hydrogen (secondary N) is 2. The third-order valence-electron chi connectivity index (χ3n) is 4.80. The summed E-state index contributed by atoms with van der Waals surface area (Å²) in [6, 6.07) is -1.18. The number of anilines is 1. The number of fused-ring (bicyclic) bond motifs is 1. The molecule has 0 unspecified atom stereocenters. The number of aliphatic carboxylic acids is 1. The van der Waals surface area contributed by atoms with Gasteiger partial charge in [0.1, 0.15) is 30.7 Å². The molecule has 3 aromatic heterocycles. The van der Waals surface area contributed by atoms with Gasteiger partial charge in [-0.2, -0.15) is 4.98 Å². The Hall–Kier alpha value is -3.33. The summed E-state index contributed by atoms with van der Waals surface area (Å²) in [6.07, 6.45) is -1.22. The molecule has 0 amide bonds. The molecule has 0 saturated carbocycles. The standard InChI is InChI=1S/C16H19N7O7/c24-3-8-10(25)11(26)14(30-8)23-12-9(13(27)20-5-19-12)22-16(23)21-7(15(28)29)1-6-2-17-4-18-6/h2,4-5,7-8,10-11,14,24-26H,1,3H2,(H,17,18)(H,21,22)(H,28,29)(H,19,20,27)/t7-,8+,10+,11+,14+/m0/s1. The fourth-order valence-electron chi connectivity index (χ4n) is 3.30. The molecule has 1 aliphatic rings. The highest BCUT2D eigenvalue weighted by atomic mass is 16.6. The van der Waals surface area contributed by atoms with Gasteiger partial charge in [-0.05, 0) is 0 Å². The Balaban J connectivity index is 1.76. The maximum atomic E-state index is 11.8. The highest BCUT2D eigenvalue weighted by Crippen LogP contribution is 2.35. The molecule has 14 heteroatoms. The molecule has 0 bridgehead atoms. The maximum absolute atomic E-state index is 11.8. The molecule has 14 nitrogen and oxygen atoms in total. The van der Waals surface area contributed by atoms with Crippen LogP contribution in [0.25, 0.3) is 11.2 Å². The molecular weight excluding hydrogens is 402 g/mol. The smallest absolute Gasteiger partial charge is 0.326 e. The van der Waals surface area contributed by atoms with E-state index in [0.717, 1.165) is 6.33 Å². The van der Waals surface area contributed by atoms with Crippen LogP contribution in [0, 0.1) is 0 Å². The Labute approximate surface area is 167 Å². The van der Waals surface area contributed by atoms with E-state index in [-0.39, 0.29) is 23.5 Å². The maximum Gasteiger partial charge on any atom is 0.326 e. The first-order chi connectivity index (χ1) is 14.4. The Bertz CT molecular complexity index is 1040. The first kappa shape index (κ1) is 20.0. The lowest BCUT2D eigenvalue weighted by Crippen LogP contribution is -2.35. The number of carboxylic acids is 1. The summed E-state index contributed by atoms with van der Waals surface area (Å²) in [7, 11) is 0. The van der Waals surface area contributed by atoms with E-state index in [1.807, 2.05) is 0 Å². The van der Waals surface area contributed by atoms with Gasteiger partial charge < -0.3 is 40.6 Å². The molecule has 1 fully saturated rings. The minimum atomic E-state index is -1.48.